The highest BCUT2D eigenvalue weighted by molar-refractivity contribution is 5.85. The normalized spacial score (nSPS) is 16.7. The van der Waals surface area contributed by atoms with Crippen LogP contribution in [-0.2, 0) is 9.59 Å². The third-order valence-corrected chi connectivity index (χ3v) is 4.85. The van der Waals surface area contributed by atoms with Gasteiger partial charge in [0.1, 0.15) is 0 Å². The molecule has 1 aliphatic rings. The van der Waals surface area contributed by atoms with E-state index >= 15 is 0 Å². The molecule has 1 amide bonds. The smallest absolute Gasteiger partial charge is 0.307 e. The van der Waals surface area contributed by atoms with Crippen LogP contribution in [0.5, 0.6) is 0 Å². The lowest BCUT2D eigenvalue weighted by molar-refractivity contribution is -0.141. The predicted octanol–water partition coefficient (Wildman–Crippen LogP) is 3.11. The van der Waals surface area contributed by atoms with Crippen molar-refractivity contribution >= 4 is 24.3 Å². The summed E-state index contributed by atoms with van der Waals surface area (Å²) in [5.74, 6) is -1.08. The maximum atomic E-state index is 12.5. The van der Waals surface area contributed by atoms with E-state index in [2.05, 4.69) is 10.2 Å². The minimum atomic E-state index is -0.745. The number of carbonyl (C=O) groups is 2. The molecule has 1 unspecified atom stereocenters. The van der Waals surface area contributed by atoms with E-state index < -0.39 is 5.97 Å². The standard InChI is InChI=1S/C21H24N2O3.ClH/c24-19(12-14-23-13-11-18(15-23)21(25)26)22-20(16-7-3-1-4-8-16)17-9-5-2-6-10-17;/h1-10,18,20H,11-15H2,(H,22,24)(H,25,26);1H. The van der Waals surface area contributed by atoms with Gasteiger partial charge in [-0.25, -0.2) is 0 Å². The van der Waals surface area contributed by atoms with Crippen LogP contribution in [0.1, 0.15) is 30.0 Å². The second kappa shape index (κ2) is 10.1. The Morgan fingerprint density at radius 1 is 1.04 bits per heavy atom. The Hall–Kier alpha value is -2.37. The number of rotatable bonds is 7. The number of halogens is 1. The quantitative estimate of drug-likeness (QED) is 0.764. The van der Waals surface area contributed by atoms with Gasteiger partial charge in [0.05, 0.1) is 12.0 Å². The number of aliphatic carboxylic acids is 1. The fourth-order valence-electron chi connectivity index (χ4n) is 3.38. The van der Waals surface area contributed by atoms with Crippen molar-refractivity contribution in [3.63, 3.8) is 0 Å². The van der Waals surface area contributed by atoms with Crippen LogP contribution in [0.3, 0.4) is 0 Å². The summed E-state index contributed by atoms with van der Waals surface area (Å²) in [5.41, 5.74) is 2.08. The Bertz CT molecular complexity index is 700. The minimum Gasteiger partial charge on any atom is -0.481 e. The summed E-state index contributed by atoms with van der Waals surface area (Å²) in [5, 5.41) is 12.2. The molecule has 5 nitrogen and oxygen atoms in total. The Morgan fingerprint density at radius 2 is 1.59 bits per heavy atom. The number of hydrogen-bond donors (Lipinski definition) is 2. The largest absolute Gasteiger partial charge is 0.481 e. The molecule has 1 atom stereocenters. The second-order valence-electron chi connectivity index (χ2n) is 6.70. The summed E-state index contributed by atoms with van der Waals surface area (Å²) < 4.78 is 0. The number of nitrogens with zero attached hydrogens (tertiary/aromatic N) is 1. The first-order valence-corrected chi connectivity index (χ1v) is 8.98. The highest BCUT2D eigenvalue weighted by atomic mass is 35.5. The van der Waals surface area contributed by atoms with Gasteiger partial charge in [-0.05, 0) is 24.1 Å². The van der Waals surface area contributed by atoms with Crippen molar-refractivity contribution in [3.8, 4) is 0 Å². The van der Waals surface area contributed by atoms with Gasteiger partial charge in [0.15, 0.2) is 0 Å². The number of amides is 1. The third kappa shape index (κ3) is 5.81. The summed E-state index contributed by atoms with van der Waals surface area (Å²) in [6.07, 6.45) is 1.02. The highest BCUT2D eigenvalue weighted by Gasteiger charge is 2.28. The molecular formula is C21H25ClN2O3. The maximum absolute atomic E-state index is 12.5. The van der Waals surface area contributed by atoms with Crippen LogP contribution in [0.2, 0.25) is 0 Å². The molecule has 0 spiro atoms. The molecule has 2 N–H and O–H groups in total. The molecule has 1 heterocycles. The topological polar surface area (TPSA) is 69.6 Å². The first-order valence-electron chi connectivity index (χ1n) is 8.98. The monoisotopic (exact) mass is 388 g/mol. The zero-order valence-electron chi connectivity index (χ0n) is 15.1. The average Bonchev–Trinajstić information content (AvgIpc) is 3.15. The van der Waals surface area contributed by atoms with Crippen LogP contribution in [-0.4, -0.2) is 41.5 Å². The van der Waals surface area contributed by atoms with E-state index in [1.807, 2.05) is 60.7 Å². The molecule has 27 heavy (non-hydrogen) atoms. The van der Waals surface area contributed by atoms with Gasteiger partial charge in [-0.1, -0.05) is 60.7 Å². The summed E-state index contributed by atoms with van der Waals surface area (Å²) in [6, 6.07) is 19.6. The Kier molecular flexibility index (Phi) is 7.82. The number of benzene rings is 2. The molecule has 1 saturated heterocycles. The predicted molar refractivity (Wildman–Crippen MR) is 107 cm³/mol. The lowest BCUT2D eigenvalue weighted by Gasteiger charge is -2.21. The van der Waals surface area contributed by atoms with E-state index in [9.17, 15) is 9.59 Å². The number of carboxylic acids is 1. The molecule has 1 aliphatic heterocycles. The van der Waals surface area contributed by atoms with Crippen molar-refractivity contribution in [1.29, 1.82) is 0 Å². The van der Waals surface area contributed by atoms with E-state index in [0.717, 1.165) is 17.7 Å². The molecular weight excluding hydrogens is 364 g/mol. The van der Waals surface area contributed by atoms with Gasteiger partial charge < -0.3 is 15.3 Å². The van der Waals surface area contributed by atoms with E-state index in [1.165, 1.54) is 0 Å². The van der Waals surface area contributed by atoms with Crippen molar-refractivity contribution in [2.45, 2.75) is 18.9 Å². The summed E-state index contributed by atoms with van der Waals surface area (Å²) in [6.45, 7) is 1.86. The van der Waals surface area contributed by atoms with E-state index in [-0.39, 0.29) is 30.3 Å². The van der Waals surface area contributed by atoms with Gasteiger partial charge in [0, 0.05) is 19.5 Å². The van der Waals surface area contributed by atoms with Crippen molar-refractivity contribution in [1.82, 2.24) is 10.2 Å². The van der Waals surface area contributed by atoms with Crippen LogP contribution in [0.25, 0.3) is 0 Å². The molecule has 144 valence electrons. The fourth-order valence-corrected chi connectivity index (χ4v) is 3.38. The Balaban J connectivity index is 0.00000261. The summed E-state index contributed by atoms with van der Waals surface area (Å²) >= 11 is 0. The third-order valence-electron chi connectivity index (χ3n) is 4.85. The first kappa shape index (κ1) is 20.9. The number of nitrogens with one attached hydrogen (secondary N) is 1. The van der Waals surface area contributed by atoms with Crippen molar-refractivity contribution < 1.29 is 14.7 Å². The van der Waals surface area contributed by atoms with Crippen LogP contribution in [0.4, 0.5) is 0 Å². The van der Waals surface area contributed by atoms with E-state index in [4.69, 9.17) is 5.11 Å². The van der Waals surface area contributed by atoms with Gasteiger partial charge in [0.2, 0.25) is 5.91 Å². The molecule has 6 heteroatoms. The second-order valence-corrected chi connectivity index (χ2v) is 6.70. The van der Waals surface area contributed by atoms with Gasteiger partial charge in [-0.15, -0.1) is 12.4 Å². The summed E-state index contributed by atoms with van der Waals surface area (Å²) in [4.78, 5) is 25.6. The Morgan fingerprint density at radius 3 is 2.07 bits per heavy atom. The van der Waals surface area contributed by atoms with Crippen molar-refractivity contribution in [2.24, 2.45) is 5.92 Å². The SMILES string of the molecule is Cl.O=C(CCN1CCC(C(=O)O)C1)NC(c1ccccc1)c1ccccc1. The maximum Gasteiger partial charge on any atom is 0.307 e. The van der Waals surface area contributed by atoms with Crippen LogP contribution in [0.15, 0.2) is 60.7 Å². The molecule has 1 fully saturated rings. The Labute approximate surface area is 165 Å². The lowest BCUT2D eigenvalue weighted by atomic mass is 9.98. The minimum absolute atomic E-state index is 0. The molecule has 2 aromatic rings. The van der Waals surface area contributed by atoms with Crippen LogP contribution in [0, 0.1) is 5.92 Å². The molecule has 0 aliphatic carbocycles. The zero-order chi connectivity index (χ0) is 18.4. The molecule has 3 rings (SSSR count). The van der Waals surface area contributed by atoms with Gasteiger partial charge in [-0.2, -0.15) is 0 Å². The lowest BCUT2D eigenvalue weighted by Crippen LogP contribution is -2.33. The molecule has 0 aromatic heterocycles. The molecule has 0 saturated carbocycles. The van der Waals surface area contributed by atoms with Crippen LogP contribution < -0.4 is 5.32 Å². The fraction of sp³-hybridized carbons (Fsp3) is 0.333. The highest BCUT2D eigenvalue weighted by Crippen LogP contribution is 2.22. The summed E-state index contributed by atoms with van der Waals surface area (Å²) in [7, 11) is 0. The van der Waals surface area contributed by atoms with E-state index in [0.29, 0.717) is 25.9 Å². The first-order chi connectivity index (χ1) is 12.6. The van der Waals surface area contributed by atoms with Crippen molar-refractivity contribution in [2.75, 3.05) is 19.6 Å². The van der Waals surface area contributed by atoms with Crippen molar-refractivity contribution in [3.05, 3.63) is 71.8 Å². The number of carboxylic acid groups (broad SMARTS) is 1. The van der Waals surface area contributed by atoms with E-state index in [1.54, 1.807) is 0 Å². The van der Waals surface area contributed by atoms with Gasteiger partial charge >= 0.3 is 5.97 Å². The number of carbonyl (C=O) groups excluding carboxylic acids is 1. The molecule has 0 radical (unpaired) electrons. The average molecular weight is 389 g/mol. The van der Waals surface area contributed by atoms with Gasteiger partial charge in [0.25, 0.3) is 0 Å². The number of likely N-dealkylation sites (tertiary alicyclic amines) is 1. The number of hydrogen-bond acceptors (Lipinski definition) is 3. The molecule has 0 bridgehead atoms. The van der Waals surface area contributed by atoms with Gasteiger partial charge in [-0.3, -0.25) is 9.59 Å². The zero-order valence-corrected chi connectivity index (χ0v) is 15.9. The molecule has 2 aromatic carbocycles. The van der Waals surface area contributed by atoms with Crippen LogP contribution >= 0.6 is 12.4 Å².